The summed E-state index contributed by atoms with van der Waals surface area (Å²) in [6.45, 7) is 2.39. The van der Waals surface area contributed by atoms with Gasteiger partial charge < -0.3 is 4.90 Å². The van der Waals surface area contributed by atoms with Crippen LogP contribution in [0, 0.1) is 0 Å². The molecule has 1 aliphatic carbocycles. The van der Waals surface area contributed by atoms with Crippen LogP contribution >= 0.6 is 22.6 Å². The lowest BCUT2D eigenvalue weighted by Crippen LogP contribution is -2.18. The van der Waals surface area contributed by atoms with Crippen LogP contribution in [0.4, 0.5) is 5.69 Å². The summed E-state index contributed by atoms with van der Waals surface area (Å²) < 4.78 is 1.36. The van der Waals surface area contributed by atoms with Gasteiger partial charge in [-0.25, -0.2) is 0 Å². The summed E-state index contributed by atoms with van der Waals surface area (Å²) in [4.78, 5) is 7.00. The van der Waals surface area contributed by atoms with Crippen LogP contribution in [0.25, 0.3) is 3.58 Å². The fraction of sp³-hybridized carbons (Fsp3) is 0.417. The fourth-order valence-electron chi connectivity index (χ4n) is 2.30. The van der Waals surface area contributed by atoms with Gasteiger partial charge in [0.25, 0.3) is 0 Å². The quantitative estimate of drug-likeness (QED) is 0.741. The molecule has 0 unspecified atom stereocenters. The van der Waals surface area contributed by atoms with Gasteiger partial charge in [-0.1, -0.05) is 6.08 Å². The van der Waals surface area contributed by atoms with Crippen molar-refractivity contribution in [1.82, 2.24) is 4.98 Å². The van der Waals surface area contributed by atoms with E-state index in [1.165, 1.54) is 46.5 Å². The van der Waals surface area contributed by atoms with Crippen molar-refractivity contribution < 1.29 is 0 Å². The molecule has 2 aliphatic rings. The molecule has 1 aromatic rings. The summed E-state index contributed by atoms with van der Waals surface area (Å²) in [5.74, 6) is 0. The zero-order valence-electron chi connectivity index (χ0n) is 8.54. The molecule has 0 N–H and O–H groups in total. The van der Waals surface area contributed by atoms with Crippen molar-refractivity contribution in [2.24, 2.45) is 0 Å². The molecule has 3 heteroatoms. The smallest absolute Gasteiger partial charge is 0.0559 e. The van der Waals surface area contributed by atoms with E-state index in [1.807, 2.05) is 6.20 Å². The minimum absolute atomic E-state index is 1.01. The molecule has 1 aromatic heterocycles. The van der Waals surface area contributed by atoms with Gasteiger partial charge in [0.05, 0.1) is 17.6 Å². The van der Waals surface area contributed by atoms with Gasteiger partial charge in [0.1, 0.15) is 0 Å². The Kier molecular flexibility index (Phi) is 2.42. The molecule has 1 fully saturated rings. The van der Waals surface area contributed by atoms with Gasteiger partial charge in [0.2, 0.25) is 0 Å². The Morgan fingerprint density at radius 3 is 2.87 bits per heavy atom. The van der Waals surface area contributed by atoms with Crippen molar-refractivity contribution in [2.45, 2.75) is 19.3 Å². The van der Waals surface area contributed by atoms with Gasteiger partial charge in [-0.15, -0.1) is 0 Å². The highest BCUT2D eigenvalue weighted by atomic mass is 127. The van der Waals surface area contributed by atoms with Crippen molar-refractivity contribution in [3.8, 4) is 0 Å². The molecule has 0 radical (unpaired) electrons. The summed E-state index contributed by atoms with van der Waals surface area (Å²) in [7, 11) is 0. The van der Waals surface area contributed by atoms with E-state index < -0.39 is 0 Å². The molecule has 0 amide bonds. The first-order valence-electron chi connectivity index (χ1n) is 5.44. The van der Waals surface area contributed by atoms with E-state index >= 15 is 0 Å². The Bertz CT molecular complexity index is 420. The van der Waals surface area contributed by atoms with Crippen molar-refractivity contribution >= 4 is 31.9 Å². The van der Waals surface area contributed by atoms with Crippen LogP contribution in [-0.2, 0) is 6.42 Å². The summed E-state index contributed by atoms with van der Waals surface area (Å²) in [5, 5.41) is 0. The number of halogens is 1. The highest BCUT2D eigenvalue weighted by Crippen LogP contribution is 2.33. The van der Waals surface area contributed by atoms with E-state index in [2.05, 4.69) is 44.6 Å². The second-order valence-corrected chi connectivity index (χ2v) is 5.30. The van der Waals surface area contributed by atoms with Crippen LogP contribution < -0.4 is 4.90 Å². The molecule has 78 valence electrons. The Morgan fingerprint density at radius 2 is 2.07 bits per heavy atom. The Labute approximate surface area is 104 Å². The Morgan fingerprint density at radius 1 is 1.27 bits per heavy atom. The lowest BCUT2D eigenvalue weighted by Gasteiger charge is -2.18. The largest absolute Gasteiger partial charge is 0.370 e. The summed E-state index contributed by atoms with van der Waals surface area (Å²) in [6, 6.07) is 2.30. The third-order valence-electron chi connectivity index (χ3n) is 3.16. The van der Waals surface area contributed by atoms with Crippen molar-refractivity contribution in [1.29, 1.82) is 0 Å². The predicted molar refractivity (Wildman–Crippen MR) is 71.4 cm³/mol. The maximum absolute atomic E-state index is 4.56. The number of hydrogen-bond acceptors (Lipinski definition) is 2. The van der Waals surface area contributed by atoms with E-state index in [0.29, 0.717) is 0 Å². The molecule has 1 aliphatic heterocycles. The van der Waals surface area contributed by atoms with Crippen LogP contribution in [0.3, 0.4) is 0 Å². The maximum Gasteiger partial charge on any atom is 0.0559 e. The van der Waals surface area contributed by atoms with Gasteiger partial charge in [0.15, 0.2) is 0 Å². The summed E-state index contributed by atoms with van der Waals surface area (Å²) in [5.41, 5.74) is 3.89. The third-order valence-corrected chi connectivity index (χ3v) is 4.18. The summed E-state index contributed by atoms with van der Waals surface area (Å²) in [6.07, 6.45) is 7.95. The number of rotatable bonds is 1. The number of nitrogens with zero attached hydrogens (tertiary/aromatic N) is 2. The van der Waals surface area contributed by atoms with Crippen LogP contribution in [0.2, 0.25) is 0 Å². The molecule has 1 saturated heterocycles. The molecule has 0 spiro atoms. The minimum Gasteiger partial charge on any atom is -0.370 e. The van der Waals surface area contributed by atoms with Crippen LogP contribution in [0.5, 0.6) is 0 Å². The van der Waals surface area contributed by atoms with Gasteiger partial charge in [-0.3, -0.25) is 4.98 Å². The average molecular weight is 312 g/mol. The Hall–Kier alpha value is -0.580. The lowest BCUT2D eigenvalue weighted by atomic mass is 10.2. The topological polar surface area (TPSA) is 16.1 Å². The molecule has 3 rings (SSSR count). The minimum atomic E-state index is 1.01. The SMILES string of the molecule is IC1=CCc2ncc(N3CCCC3)cc21. The normalized spacial score (nSPS) is 19.3. The zero-order chi connectivity index (χ0) is 10.3. The number of fused-ring (bicyclic) bond motifs is 1. The number of hydrogen-bond donors (Lipinski definition) is 0. The molecule has 0 bridgehead atoms. The molecule has 2 nitrogen and oxygen atoms in total. The van der Waals surface area contributed by atoms with Gasteiger partial charge in [0, 0.05) is 28.7 Å². The van der Waals surface area contributed by atoms with Crippen molar-refractivity contribution in [2.75, 3.05) is 18.0 Å². The average Bonchev–Trinajstić information content (AvgIpc) is 2.88. The second kappa shape index (κ2) is 3.77. The third kappa shape index (κ3) is 1.67. The number of pyridine rings is 1. The van der Waals surface area contributed by atoms with E-state index in [1.54, 1.807) is 0 Å². The molecule has 15 heavy (non-hydrogen) atoms. The first-order valence-corrected chi connectivity index (χ1v) is 6.52. The van der Waals surface area contributed by atoms with Crippen molar-refractivity contribution in [3.05, 3.63) is 29.6 Å². The van der Waals surface area contributed by atoms with E-state index in [0.717, 1.165) is 6.42 Å². The Balaban J connectivity index is 1.97. The standard InChI is InChI=1S/C12H13IN2/c13-11-3-4-12-10(11)7-9(8-14-12)15-5-1-2-6-15/h3,7-8H,1-2,4-6H2. The van der Waals surface area contributed by atoms with Crippen LogP contribution in [0.15, 0.2) is 18.3 Å². The zero-order valence-corrected chi connectivity index (χ0v) is 10.7. The number of anilines is 1. The molecule has 2 heterocycles. The molecule has 0 atom stereocenters. The highest BCUT2D eigenvalue weighted by Gasteiger charge is 2.17. The fourth-order valence-corrected chi connectivity index (χ4v) is 2.98. The second-order valence-electron chi connectivity index (χ2n) is 4.14. The monoisotopic (exact) mass is 312 g/mol. The maximum atomic E-state index is 4.56. The van der Waals surface area contributed by atoms with Gasteiger partial charge >= 0.3 is 0 Å². The predicted octanol–water partition coefficient (Wildman–Crippen LogP) is 3.01. The summed E-state index contributed by atoms with van der Waals surface area (Å²) >= 11 is 2.41. The molecule has 0 saturated carbocycles. The van der Waals surface area contributed by atoms with E-state index in [4.69, 9.17) is 0 Å². The number of allylic oxidation sites excluding steroid dienone is 1. The van der Waals surface area contributed by atoms with Crippen molar-refractivity contribution in [3.63, 3.8) is 0 Å². The highest BCUT2D eigenvalue weighted by molar-refractivity contribution is 14.1. The van der Waals surface area contributed by atoms with Crippen LogP contribution in [-0.4, -0.2) is 18.1 Å². The first-order chi connectivity index (χ1) is 7.34. The van der Waals surface area contributed by atoms with Gasteiger partial charge in [-0.2, -0.15) is 0 Å². The first kappa shape index (κ1) is 9.63. The van der Waals surface area contributed by atoms with E-state index in [-0.39, 0.29) is 0 Å². The molecular formula is C12H13IN2. The van der Waals surface area contributed by atoms with E-state index in [9.17, 15) is 0 Å². The molecular weight excluding hydrogens is 299 g/mol. The number of aromatic nitrogens is 1. The van der Waals surface area contributed by atoms with Gasteiger partial charge in [-0.05, 0) is 41.5 Å². The lowest BCUT2D eigenvalue weighted by molar-refractivity contribution is 0.949. The molecule has 0 aromatic carbocycles. The van der Waals surface area contributed by atoms with Crippen LogP contribution in [0.1, 0.15) is 24.1 Å².